The standard InChI is InChI=1S/C26H35F6N3O2/c1-16-3-9-22(10-4-16)35(2)23(36)15-33-14-17-5-7-21(8-6-17)34-24(37)18-11-19(25(27,28)29)13-20(12-18)26(30,31)32/h11-13,16-17,21-22,33H,3-10,14-15H2,1-2H3,(H,34,37). The third-order valence-corrected chi connectivity index (χ3v) is 7.67. The number of halogens is 6. The highest BCUT2D eigenvalue weighted by Gasteiger charge is 2.37. The first kappa shape index (κ1) is 29.3. The summed E-state index contributed by atoms with van der Waals surface area (Å²) in [7, 11) is 1.85. The maximum absolute atomic E-state index is 13.1. The largest absolute Gasteiger partial charge is 0.416 e. The number of amides is 2. The molecule has 0 saturated heterocycles. The van der Waals surface area contributed by atoms with Gasteiger partial charge in [0.2, 0.25) is 5.91 Å². The second kappa shape index (κ2) is 12.0. The van der Waals surface area contributed by atoms with Crippen molar-refractivity contribution in [2.45, 2.75) is 82.7 Å². The number of alkyl halides is 6. The van der Waals surface area contributed by atoms with Gasteiger partial charge in [0.05, 0.1) is 17.7 Å². The molecule has 1 aromatic rings. The molecular weight excluding hydrogens is 500 g/mol. The van der Waals surface area contributed by atoms with Crippen LogP contribution in [0.3, 0.4) is 0 Å². The molecule has 2 aliphatic carbocycles. The minimum absolute atomic E-state index is 0.00706. The van der Waals surface area contributed by atoms with Gasteiger partial charge in [-0.2, -0.15) is 26.3 Å². The van der Waals surface area contributed by atoms with Crippen LogP contribution < -0.4 is 10.6 Å². The van der Waals surface area contributed by atoms with Gasteiger partial charge in [0.1, 0.15) is 0 Å². The van der Waals surface area contributed by atoms with Crippen molar-refractivity contribution in [3.63, 3.8) is 0 Å². The van der Waals surface area contributed by atoms with E-state index in [4.69, 9.17) is 0 Å². The zero-order valence-corrected chi connectivity index (χ0v) is 21.1. The molecule has 5 nitrogen and oxygen atoms in total. The lowest BCUT2D eigenvalue weighted by atomic mass is 9.85. The van der Waals surface area contributed by atoms with Crippen molar-refractivity contribution >= 4 is 11.8 Å². The molecule has 2 aliphatic rings. The number of nitrogens with zero attached hydrogens (tertiary/aromatic N) is 1. The minimum Gasteiger partial charge on any atom is -0.349 e. The molecule has 0 heterocycles. The number of hydrogen-bond acceptors (Lipinski definition) is 3. The van der Waals surface area contributed by atoms with Gasteiger partial charge in [-0.05, 0) is 87.9 Å². The first-order chi connectivity index (χ1) is 17.2. The highest BCUT2D eigenvalue weighted by atomic mass is 19.4. The number of hydrogen-bond donors (Lipinski definition) is 2. The van der Waals surface area contributed by atoms with Crippen LogP contribution in [0, 0.1) is 11.8 Å². The Morgan fingerprint density at radius 2 is 1.41 bits per heavy atom. The van der Waals surface area contributed by atoms with Gasteiger partial charge in [-0.25, -0.2) is 0 Å². The van der Waals surface area contributed by atoms with Gasteiger partial charge in [0.15, 0.2) is 0 Å². The Bertz CT molecular complexity index is 901. The molecule has 11 heteroatoms. The Balaban J connectivity index is 1.45. The van der Waals surface area contributed by atoms with Crippen LogP contribution in [0.5, 0.6) is 0 Å². The number of carbonyl (C=O) groups is 2. The molecular formula is C26H35F6N3O2. The summed E-state index contributed by atoms with van der Waals surface area (Å²) >= 11 is 0. The molecule has 0 aromatic heterocycles. The fourth-order valence-corrected chi connectivity index (χ4v) is 5.21. The third kappa shape index (κ3) is 8.35. The van der Waals surface area contributed by atoms with E-state index in [2.05, 4.69) is 17.6 Å². The summed E-state index contributed by atoms with van der Waals surface area (Å²) in [6.07, 6.45) is -3.15. The van der Waals surface area contributed by atoms with E-state index in [1.165, 1.54) is 0 Å². The van der Waals surface area contributed by atoms with Crippen LogP contribution in [0.2, 0.25) is 0 Å². The lowest BCUT2D eigenvalue weighted by Crippen LogP contribution is -2.44. The summed E-state index contributed by atoms with van der Waals surface area (Å²) in [6.45, 7) is 3.11. The zero-order chi connectivity index (χ0) is 27.4. The summed E-state index contributed by atoms with van der Waals surface area (Å²) in [4.78, 5) is 26.9. The molecule has 2 fully saturated rings. The van der Waals surface area contributed by atoms with Crippen LogP contribution in [-0.2, 0) is 17.1 Å². The number of rotatable bonds is 7. The number of carbonyl (C=O) groups excluding carboxylic acids is 2. The van der Waals surface area contributed by atoms with Crippen LogP contribution >= 0.6 is 0 Å². The average Bonchev–Trinajstić information content (AvgIpc) is 2.83. The number of benzene rings is 1. The Kier molecular flexibility index (Phi) is 9.52. The monoisotopic (exact) mass is 535 g/mol. The van der Waals surface area contributed by atoms with Gasteiger partial charge in [0.25, 0.3) is 5.91 Å². The molecule has 0 radical (unpaired) electrons. The van der Waals surface area contributed by atoms with E-state index in [0.29, 0.717) is 37.4 Å². The predicted molar refractivity (Wildman–Crippen MR) is 127 cm³/mol. The van der Waals surface area contributed by atoms with Crippen LogP contribution in [0.1, 0.15) is 79.8 Å². The average molecular weight is 536 g/mol. The summed E-state index contributed by atoms with van der Waals surface area (Å²) < 4.78 is 78.5. The minimum atomic E-state index is -5.01. The summed E-state index contributed by atoms with van der Waals surface area (Å²) in [5.74, 6) is 0.0797. The molecule has 0 atom stereocenters. The normalized spacial score (nSPS) is 25.0. The van der Waals surface area contributed by atoms with Crippen LogP contribution in [0.25, 0.3) is 0 Å². The molecule has 0 unspecified atom stereocenters. The number of likely N-dealkylation sites (N-methyl/N-ethyl adjacent to an activating group) is 1. The van der Waals surface area contributed by atoms with Crippen molar-refractivity contribution in [2.24, 2.45) is 11.8 Å². The second-order valence-corrected chi connectivity index (χ2v) is 10.5. The smallest absolute Gasteiger partial charge is 0.349 e. The van der Waals surface area contributed by atoms with E-state index in [1.807, 2.05) is 11.9 Å². The molecule has 0 aliphatic heterocycles. The quantitative estimate of drug-likeness (QED) is 0.445. The predicted octanol–water partition coefficient (Wildman–Crippen LogP) is 5.64. The van der Waals surface area contributed by atoms with Crippen molar-refractivity contribution in [3.05, 3.63) is 34.9 Å². The van der Waals surface area contributed by atoms with Gasteiger partial charge in [-0.15, -0.1) is 0 Å². The molecule has 0 bridgehead atoms. The van der Waals surface area contributed by atoms with Gasteiger partial charge >= 0.3 is 12.4 Å². The molecule has 2 N–H and O–H groups in total. The van der Waals surface area contributed by atoms with Crippen molar-refractivity contribution in [3.8, 4) is 0 Å². The second-order valence-electron chi connectivity index (χ2n) is 10.5. The molecule has 208 valence electrons. The Morgan fingerprint density at radius 1 is 0.865 bits per heavy atom. The molecule has 2 amide bonds. The van der Waals surface area contributed by atoms with Crippen molar-refractivity contribution in [1.82, 2.24) is 15.5 Å². The lowest BCUT2D eigenvalue weighted by molar-refractivity contribution is -0.143. The van der Waals surface area contributed by atoms with Crippen LogP contribution in [0.4, 0.5) is 26.3 Å². The van der Waals surface area contributed by atoms with E-state index < -0.39 is 35.0 Å². The van der Waals surface area contributed by atoms with Crippen LogP contribution in [-0.4, -0.2) is 48.9 Å². The topological polar surface area (TPSA) is 61.4 Å². The molecule has 3 rings (SSSR count). The highest BCUT2D eigenvalue weighted by Crippen LogP contribution is 2.36. The van der Waals surface area contributed by atoms with Crippen LogP contribution in [0.15, 0.2) is 18.2 Å². The Hall–Kier alpha value is -2.30. The van der Waals surface area contributed by atoms with Gasteiger partial charge < -0.3 is 15.5 Å². The SMILES string of the molecule is CC1CCC(N(C)C(=O)CNCC2CCC(NC(=O)c3cc(C(F)(F)F)cc(C(F)(F)F)c3)CC2)CC1. The van der Waals surface area contributed by atoms with Crippen molar-refractivity contribution in [2.75, 3.05) is 20.1 Å². The zero-order valence-electron chi connectivity index (χ0n) is 21.1. The maximum Gasteiger partial charge on any atom is 0.416 e. The highest BCUT2D eigenvalue weighted by molar-refractivity contribution is 5.94. The summed E-state index contributed by atoms with van der Waals surface area (Å²) in [6, 6.07) is 0.847. The first-order valence-corrected chi connectivity index (χ1v) is 12.8. The summed E-state index contributed by atoms with van der Waals surface area (Å²) in [5.41, 5.74) is -3.69. The van der Waals surface area contributed by atoms with Gasteiger partial charge in [0, 0.05) is 24.7 Å². The lowest BCUT2D eigenvalue weighted by Gasteiger charge is -2.34. The van der Waals surface area contributed by atoms with Crippen molar-refractivity contribution < 1.29 is 35.9 Å². The van der Waals surface area contributed by atoms with E-state index >= 15 is 0 Å². The van der Waals surface area contributed by atoms with E-state index in [9.17, 15) is 35.9 Å². The fraction of sp³-hybridized carbons (Fsp3) is 0.692. The van der Waals surface area contributed by atoms with E-state index in [1.54, 1.807) is 0 Å². The third-order valence-electron chi connectivity index (χ3n) is 7.67. The molecule has 2 saturated carbocycles. The van der Waals surface area contributed by atoms with Gasteiger partial charge in [-0.3, -0.25) is 9.59 Å². The Labute approximate surface area is 213 Å². The Morgan fingerprint density at radius 3 is 1.92 bits per heavy atom. The molecule has 0 spiro atoms. The van der Waals surface area contributed by atoms with E-state index in [0.717, 1.165) is 38.5 Å². The first-order valence-electron chi connectivity index (χ1n) is 12.8. The number of nitrogens with one attached hydrogen (secondary N) is 2. The van der Waals surface area contributed by atoms with Crippen molar-refractivity contribution in [1.29, 1.82) is 0 Å². The van der Waals surface area contributed by atoms with Gasteiger partial charge in [-0.1, -0.05) is 6.92 Å². The summed E-state index contributed by atoms with van der Waals surface area (Å²) in [5, 5.41) is 5.80. The fourth-order valence-electron chi connectivity index (χ4n) is 5.21. The molecule has 1 aromatic carbocycles. The maximum atomic E-state index is 13.1. The molecule has 37 heavy (non-hydrogen) atoms. The van der Waals surface area contributed by atoms with E-state index in [-0.39, 0.29) is 36.5 Å².